The summed E-state index contributed by atoms with van der Waals surface area (Å²) in [5.41, 5.74) is 7.06. The van der Waals surface area contributed by atoms with Gasteiger partial charge in [0.05, 0.1) is 0 Å². The average Bonchev–Trinajstić information content (AvgIpc) is 2.65. The predicted octanol–water partition coefficient (Wildman–Crippen LogP) is 1.96. The van der Waals surface area contributed by atoms with Crippen LogP contribution in [0.4, 0.5) is 4.39 Å². The van der Waals surface area contributed by atoms with Crippen molar-refractivity contribution in [2.24, 2.45) is 5.73 Å². The zero-order chi connectivity index (χ0) is 11.5. The van der Waals surface area contributed by atoms with Crippen LogP contribution in [-0.4, -0.2) is 30.6 Å². The molecule has 0 bridgehead atoms. The number of hydrogen-bond acceptors (Lipinski definition) is 2. The summed E-state index contributed by atoms with van der Waals surface area (Å²) >= 11 is 0. The minimum atomic E-state index is -0.167. The summed E-state index contributed by atoms with van der Waals surface area (Å²) in [6.45, 7) is 5.27. The monoisotopic (exact) mass is 222 g/mol. The van der Waals surface area contributed by atoms with Crippen molar-refractivity contribution in [2.75, 3.05) is 19.6 Å². The molecule has 1 unspecified atom stereocenters. The van der Waals surface area contributed by atoms with Crippen molar-refractivity contribution < 1.29 is 4.39 Å². The fourth-order valence-corrected chi connectivity index (χ4v) is 2.31. The van der Waals surface area contributed by atoms with Crippen LogP contribution in [0.25, 0.3) is 0 Å². The second kappa shape index (κ2) is 4.93. The van der Waals surface area contributed by atoms with Crippen LogP contribution in [0.2, 0.25) is 0 Å². The molecule has 2 atom stereocenters. The Balaban J connectivity index is 1.92. The molecule has 2 rings (SSSR count). The SMILES string of the molecule is CC(CN1CC[C@@H](N)C1)c1ccc(F)cc1. The maximum Gasteiger partial charge on any atom is 0.123 e. The zero-order valence-electron chi connectivity index (χ0n) is 9.70. The van der Waals surface area contributed by atoms with Crippen LogP contribution in [0.15, 0.2) is 24.3 Å². The van der Waals surface area contributed by atoms with Crippen molar-refractivity contribution in [3.63, 3.8) is 0 Å². The Kier molecular flexibility index (Phi) is 3.56. The highest BCUT2D eigenvalue weighted by Gasteiger charge is 2.20. The molecule has 3 heteroatoms. The first-order chi connectivity index (χ1) is 7.65. The lowest BCUT2D eigenvalue weighted by atomic mass is 10.0. The van der Waals surface area contributed by atoms with Crippen molar-refractivity contribution in [2.45, 2.75) is 25.3 Å². The first kappa shape index (κ1) is 11.6. The molecule has 1 aromatic carbocycles. The van der Waals surface area contributed by atoms with E-state index in [1.54, 1.807) is 0 Å². The second-order valence-electron chi connectivity index (χ2n) is 4.76. The molecule has 1 aromatic rings. The summed E-state index contributed by atoms with van der Waals surface area (Å²) in [6.07, 6.45) is 1.09. The number of hydrogen-bond donors (Lipinski definition) is 1. The fourth-order valence-electron chi connectivity index (χ4n) is 2.31. The van der Waals surface area contributed by atoms with Gasteiger partial charge in [-0.3, -0.25) is 0 Å². The Bertz CT molecular complexity index is 336. The molecule has 0 amide bonds. The number of likely N-dealkylation sites (tertiary alicyclic amines) is 1. The van der Waals surface area contributed by atoms with Gasteiger partial charge in [0.25, 0.3) is 0 Å². The second-order valence-corrected chi connectivity index (χ2v) is 4.76. The van der Waals surface area contributed by atoms with E-state index in [0.29, 0.717) is 12.0 Å². The Hall–Kier alpha value is -0.930. The van der Waals surface area contributed by atoms with E-state index < -0.39 is 0 Å². The van der Waals surface area contributed by atoms with Gasteiger partial charge in [0.1, 0.15) is 5.82 Å². The molecule has 0 aromatic heterocycles. The van der Waals surface area contributed by atoms with Crippen molar-refractivity contribution >= 4 is 0 Å². The number of halogens is 1. The van der Waals surface area contributed by atoms with Crippen LogP contribution < -0.4 is 5.73 Å². The molecule has 16 heavy (non-hydrogen) atoms. The summed E-state index contributed by atoms with van der Waals surface area (Å²) in [7, 11) is 0. The van der Waals surface area contributed by atoms with Gasteiger partial charge in [0.2, 0.25) is 0 Å². The first-order valence-electron chi connectivity index (χ1n) is 5.88. The lowest BCUT2D eigenvalue weighted by Gasteiger charge is -2.20. The standard InChI is InChI=1S/C13H19FN2/c1-10(8-16-7-6-13(15)9-16)11-2-4-12(14)5-3-11/h2-5,10,13H,6-9,15H2,1H3/t10?,13-/m1/s1. The van der Waals surface area contributed by atoms with Crippen LogP contribution in [-0.2, 0) is 0 Å². The van der Waals surface area contributed by atoms with E-state index in [9.17, 15) is 4.39 Å². The molecule has 1 aliphatic heterocycles. The van der Waals surface area contributed by atoms with Crippen LogP contribution in [0.5, 0.6) is 0 Å². The Morgan fingerprint density at radius 2 is 2.12 bits per heavy atom. The largest absolute Gasteiger partial charge is 0.326 e. The highest BCUT2D eigenvalue weighted by atomic mass is 19.1. The third-order valence-corrected chi connectivity index (χ3v) is 3.28. The number of benzene rings is 1. The molecule has 1 heterocycles. The van der Waals surface area contributed by atoms with Gasteiger partial charge in [-0.25, -0.2) is 4.39 Å². The Morgan fingerprint density at radius 3 is 2.69 bits per heavy atom. The predicted molar refractivity (Wildman–Crippen MR) is 63.8 cm³/mol. The summed E-state index contributed by atoms with van der Waals surface area (Å²) < 4.78 is 12.8. The van der Waals surface area contributed by atoms with Gasteiger partial charge >= 0.3 is 0 Å². The topological polar surface area (TPSA) is 29.3 Å². The summed E-state index contributed by atoms with van der Waals surface area (Å²) in [5, 5.41) is 0. The quantitative estimate of drug-likeness (QED) is 0.847. The smallest absolute Gasteiger partial charge is 0.123 e. The van der Waals surface area contributed by atoms with E-state index >= 15 is 0 Å². The van der Waals surface area contributed by atoms with E-state index in [0.717, 1.165) is 26.1 Å². The van der Waals surface area contributed by atoms with Crippen molar-refractivity contribution in [3.05, 3.63) is 35.6 Å². The molecule has 0 aliphatic carbocycles. The third kappa shape index (κ3) is 2.80. The number of rotatable bonds is 3. The summed E-state index contributed by atoms with van der Waals surface area (Å²) in [4.78, 5) is 2.39. The van der Waals surface area contributed by atoms with Crippen molar-refractivity contribution in [1.82, 2.24) is 4.90 Å². The Morgan fingerprint density at radius 1 is 1.44 bits per heavy atom. The lowest BCUT2D eigenvalue weighted by Crippen LogP contribution is -2.29. The van der Waals surface area contributed by atoms with Crippen LogP contribution in [0, 0.1) is 5.82 Å². The molecule has 1 saturated heterocycles. The van der Waals surface area contributed by atoms with Crippen LogP contribution >= 0.6 is 0 Å². The molecule has 2 nitrogen and oxygen atoms in total. The molecule has 2 N–H and O–H groups in total. The molecular weight excluding hydrogens is 203 g/mol. The van der Waals surface area contributed by atoms with E-state index in [2.05, 4.69) is 11.8 Å². The maximum absolute atomic E-state index is 12.8. The molecule has 0 radical (unpaired) electrons. The van der Waals surface area contributed by atoms with Crippen LogP contribution in [0.3, 0.4) is 0 Å². The highest BCUT2D eigenvalue weighted by Crippen LogP contribution is 2.19. The minimum absolute atomic E-state index is 0.167. The number of nitrogens with zero attached hydrogens (tertiary/aromatic N) is 1. The van der Waals surface area contributed by atoms with Crippen molar-refractivity contribution in [1.29, 1.82) is 0 Å². The molecule has 1 aliphatic rings. The molecule has 0 saturated carbocycles. The molecule has 1 fully saturated rings. The van der Waals surface area contributed by atoms with Gasteiger partial charge in [-0.1, -0.05) is 19.1 Å². The van der Waals surface area contributed by atoms with Gasteiger partial charge in [0, 0.05) is 19.1 Å². The average molecular weight is 222 g/mol. The van der Waals surface area contributed by atoms with E-state index in [-0.39, 0.29) is 5.82 Å². The van der Waals surface area contributed by atoms with Gasteiger partial charge in [-0.05, 0) is 36.6 Å². The van der Waals surface area contributed by atoms with E-state index in [1.165, 1.54) is 17.7 Å². The zero-order valence-corrected chi connectivity index (χ0v) is 9.70. The van der Waals surface area contributed by atoms with E-state index in [1.807, 2.05) is 12.1 Å². The van der Waals surface area contributed by atoms with Crippen molar-refractivity contribution in [3.8, 4) is 0 Å². The fraction of sp³-hybridized carbons (Fsp3) is 0.538. The Labute approximate surface area is 96.2 Å². The van der Waals surface area contributed by atoms with Gasteiger partial charge in [0.15, 0.2) is 0 Å². The van der Waals surface area contributed by atoms with Gasteiger partial charge < -0.3 is 10.6 Å². The van der Waals surface area contributed by atoms with Gasteiger partial charge in [-0.15, -0.1) is 0 Å². The van der Waals surface area contributed by atoms with E-state index in [4.69, 9.17) is 5.73 Å². The first-order valence-corrected chi connectivity index (χ1v) is 5.88. The minimum Gasteiger partial charge on any atom is -0.326 e. The van der Waals surface area contributed by atoms with Crippen LogP contribution in [0.1, 0.15) is 24.8 Å². The summed E-state index contributed by atoms with van der Waals surface area (Å²) in [5.74, 6) is 0.269. The lowest BCUT2D eigenvalue weighted by molar-refractivity contribution is 0.316. The normalized spacial score (nSPS) is 23.6. The molecular formula is C13H19FN2. The van der Waals surface area contributed by atoms with Gasteiger partial charge in [-0.2, -0.15) is 0 Å². The molecule has 88 valence electrons. The maximum atomic E-state index is 12.8. The third-order valence-electron chi connectivity index (χ3n) is 3.28. The highest BCUT2D eigenvalue weighted by molar-refractivity contribution is 5.20. The summed E-state index contributed by atoms with van der Waals surface area (Å²) in [6, 6.07) is 7.13. The number of nitrogens with two attached hydrogens (primary N) is 1. The molecule has 0 spiro atoms.